The molecule has 1 aliphatic heterocycles. The third-order valence-electron chi connectivity index (χ3n) is 4.30. The van der Waals surface area contributed by atoms with Crippen LogP contribution in [-0.2, 0) is 16.3 Å². The number of carbonyl (C=O) groups is 1. The van der Waals surface area contributed by atoms with Gasteiger partial charge in [0.15, 0.2) is 5.78 Å². The summed E-state index contributed by atoms with van der Waals surface area (Å²) in [6, 6.07) is 5.97. The second-order valence-corrected chi connectivity index (χ2v) is 7.90. The lowest BCUT2D eigenvalue weighted by Gasteiger charge is -2.31. The molecule has 1 fully saturated rings. The number of hydrogen-bond acceptors (Lipinski definition) is 3. The molecule has 0 saturated carbocycles. The van der Waals surface area contributed by atoms with Crippen LogP contribution in [0.4, 0.5) is 0 Å². The first-order valence-electron chi connectivity index (χ1n) is 6.27. The highest BCUT2D eigenvalue weighted by atomic mass is 32.2. The number of fused-ring (bicyclic) bond motifs is 1. The molecular weight excluding hydrogens is 248 g/mol. The normalized spacial score (nSPS) is 24.2. The quantitative estimate of drug-likeness (QED) is 0.719. The van der Waals surface area contributed by atoms with Gasteiger partial charge in [0.1, 0.15) is 9.84 Å². The van der Waals surface area contributed by atoms with E-state index in [0.717, 1.165) is 23.1 Å². The summed E-state index contributed by atoms with van der Waals surface area (Å²) in [7, 11) is -2.92. The van der Waals surface area contributed by atoms with Crippen molar-refractivity contribution in [2.75, 3.05) is 11.5 Å². The summed E-state index contributed by atoms with van der Waals surface area (Å²) < 4.78 is 23.0. The Morgan fingerprint density at radius 3 is 2.50 bits per heavy atom. The van der Waals surface area contributed by atoms with Crippen LogP contribution in [0.25, 0.3) is 0 Å². The number of sulfone groups is 1. The largest absolute Gasteiger partial charge is 0.294 e. The molecule has 1 heterocycles. The zero-order valence-corrected chi connectivity index (χ0v) is 11.2. The van der Waals surface area contributed by atoms with Gasteiger partial charge in [-0.1, -0.05) is 17.7 Å². The molecule has 3 rings (SSSR count). The minimum Gasteiger partial charge on any atom is -0.294 e. The molecule has 0 aromatic heterocycles. The van der Waals surface area contributed by atoms with E-state index in [1.54, 1.807) is 0 Å². The van der Waals surface area contributed by atoms with Gasteiger partial charge in [0, 0.05) is 11.0 Å². The number of carbonyl (C=O) groups excluding carboxylic acids is 1. The van der Waals surface area contributed by atoms with Crippen LogP contribution in [-0.4, -0.2) is 25.7 Å². The van der Waals surface area contributed by atoms with E-state index in [2.05, 4.69) is 0 Å². The lowest BCUT2D eigenvalue weighted by Crippen LogP contribution is -2.38. The van der Waals surface area contributed by atoms with E-state index < -0.39 is 15.3 Å². The van der Waals surface area contributed by atoms with Gasteiger partial charge in [-0.3, -0.25) is 4.79 Å². The summed E-state index contributed by atoms with van der Waals surface area (Å²) >= 11 is 0. The molecule has 1 saturated heterocycles. The van der Waals surface area contributed by atoms with E-state index in [0.29, 0.717) is 12.8 Å². The fraction of sp³-hybridized carbons (Fsp3) is 0.500. The van der Waals surface area contributed by atoms with E-state index in [-0.39, 0.29) is 17.3 Å². The van der Waals surface area contributed by atoms with Crippen molar-refractivity contribution in [3.8, 4) is 0 Å². The van der Waals surface area contributed by atoms with Crippen molar-refractivity contribution >= 4 is 15.6 Å². The molecule has 0 unspecified atom stereocenters. The van der Waals surface area contributed by atoms with Crippen molar-refractivity contribution in [1.29, 1.82) is 0 Å². The average molecular weight is 264 g/mol. The van der Waals surface area contributed by atoms with E-state index in [9.17, 15) is 13.2 Å². The monoisotopic (exact) mass is 264 g/mol. The Bertz CT molecular complexity index is 614. The predicted molar refractivity (Wildman–Crippen MR) is 69.5 cm³/mol. The van der Waals surface area contributed by atoms with Crippen LogP contribution in [0.2, 0.25) is 0 Å². The lowest BCUT2D eigenvalue weighted by atomic mass is 9.78. The third-order valence-corrected chi connectivity index (χ3v) is 5.96. The highest BCUT2D eigenvalue weighted by molar-refractivity contribution is 7.91. The Balaban J connectivity index is 1.98. The van der Waals surface area contributed by atoms with Crippen LogP contribution >= 0.6 is 0 Å². The minimum atomic E-state index is -2.92. The smallest absolute Gasteiger partial charge is 0.169 e. The van der Waals surface area contributed by atoms with Crippen LogP contribution in [0.5, 0.6) is 0 Å². The number of Topliss-reactive ketones (excluding diaryl/α,β-unsaturated/α-hetero) is 1. The van der Waals surface area contributed by atoms with Gasteiger partial charge in [-0.15, -0.1) is 0 Å². The molecule has 0 radical (unpaired) electrons. The van der Waals surface area contributed by atoms with Crippen LogP contribution in [0.1, 0.15) is 34.3 Å². The summed E-state index contributed by atoms with van der Waals surface area (Å²) in [5.74, 6) is 0.480. The van der Waals surface area contributed by atoms with E-state index in [4.69, 9.17) is 0 Å². The maximum atomic E-state index is 12.5. The molecule has 1 aliphatic carbocycles. The molecule has 0 atom stereocenters. The molecule has 1 aromatic rings. The van der Waals surface area contributed by atoms with E-state index in [1.165, 1.54) is 0 Å². The number of ketones is 1. The lowest BCUT2D eigenvalue weighted by molar-refractivity contribution is 0.0802. The Morgan fingerprint density at radius 1 is 1.17 bits per heavy atom. The summed E-state index contributed by atoms with van der Waals surface area (Å²) in [5, 5.41) is 0. The van der Waals surface area contributed by atoms with Crippen molar-refractivity contribution in [1.82, 2.24) is 0 Å². The van der Waals surface area contributed by atoms with Gasteiger partial charge >= 0.3 is 0 Å². The van der Waals surface area contributed by atoms with Crippen LogP contribution in [0.15, 0.2) is 18.2 Å². The van der Waals surface area contributed by atoms with Crippen molar-refractivity contribution in [3.05, 3.63) is 34.9 Å². The second kappa shape index (κ2) is 3.67. The topological polar surface area (TPSA) is 51.2 Å². The number of rotatable bonds is 0. The van der Waals surface area contributed by atoms with Gasteiger partial charge < -0.3 is 0 Å². The molecule has 2 aliphatic rings. The molecule has 18 heavy (non-hydrogen) atoms. The fourth-order valence-electron chi connectivity index (χ4n) is 3.12. The average Bonchev–Trinajstić information content (AvgIpc) is 2.58. The summed E-state index contributed by atoms with van der Waals surface area (Å²) in [5.41, 5.74) is 2.56. The zero-order valence-electron chi connectivity index (χ0n) is 10.4. The van der Waals surface area contributed by atoms with Gasteiger partial charge in [-0.25, -0.2) is 8.42 Å². The van der Waals surface area contributed by atoms with Gasteiger partial charge in [0.05, 0.1) is 11.5 Å². The summed E-state index contributed by atoms with van der Waals surface area (Å²) in [6.07, 6.45) is 1.70. The Hall–Kier alpha value is -1.16. The van der Waals surface area contributed by atoms with Crippen molar-refractivity contribution in [2.24, 2.45) is 5.41 Å². The fourth-order valence-corrected chi connectivity index (χ4v) is 4.73. The number of aryl methyl sites for hydroxylation is 1. The first kappa shape index (κ1) is 11.9. The highest BCUT2D eigenvalue weighted by Gasteiger charge is 2.48. The second-order valence-electron chi connectivity index (χ2n) is 5.60. The Kier molecular flexibility index (Phi) is 2.43. The molecule has 0 amide bonds. The standard InChI is InChI=1S/C14H16O3S/c1-10-2-3-11-9-14(13(15)12(11)8-10)4-6-18(16,17)7-5-14/h2-3,8H,4-7,9H2,1H3. The molecule has 1 aromatic carbocycles. The summed E-state index contributed by atoms with van der Waals surface area (Å²) in [6.45, 7) is 1.98. The number of hydrogen-bond donors (Lipinski definition) is 0. The van der Waals surface area contributed by atoms with Crippen molar-refractivity contribution < 1.29 is 13.2 Å². The van der Waals surface area contributed by atoms with Crippen LogP contribution < -0.4 is 0 Å². The van der Waals surface area contributed by atoms with Crippen molar-refractivity contribution in [3.63, 3.8) is 0 Å². The Labute approximate surface area is 107 Å². The molecule has 96 valence electrons. The molecular formula is C14H16O3S. The maximum absolute atomic E-state index is 12.5. The number of benzene rings is 1. The van der Waals surface area contributed by atoms with Crippen molar-refractivity contribution in [2.45, 2.75) is 26.2 Å². The van der Waals surface area contributed by atoms with Gasteiger partial charge in [0.2, 0.25) is 0 Å². The third kappa shape index (κ3) is 1.70. The SMILES string of the molecule is Cc1ccc2c(c1)C(=O)C1(CCS(=O)(=O)CC1)C2. The first-order valence-corrected chi connectivity index (χ1v) is 8.09. The molecule has 0 N–H and O–H groups in total. The predicted octanol–water partition coefficient (Wildman–Crippen LogP) is 1.93. The summed E-state index contributed by atoms with van der Waals surface area (Å²) in [4.78, 5) is 12.5. The minimum absolute atomic E-state index is 0.158. The van der Waals surface area contributed by atoms with E-state index in [1.807, 2.05) is 25.1 Å². The van der Waals surface area contributed by atoms with Gasteiger partial charge in [0.25, 0.3) is 0 Å². The molecule has 3 nitrogen and oxygen atoms in total. The molecule has 1 spiro atoms. The van der Waals surface area contributed by atoms with Gasteiger partial charge in [-0.05, 0) is 37.8 Å². The van der Waals surface area contributed by atoms with Crippen LogP contribution in [0, 0.1) is 12.3 Å². The Morgan fingerprint density at radius 2 is 1.83 bits per heavy atom. The maximum Gasteiger partial charge on any atom is 0.169 e. The first-order chi connectivity index (χ1) is 8.42. The zero-order chi connectivity index (χ0) is 13.0. The molecule has 0 bridgehead atoms. The van der Waals surface area contributed by atoms with Gasteiger partial charge in [-0.2, -0.15) is 0 Å². The van der Waals surface area contributed by atoms with Crippen LogP contribution in [0.3, 0.4) is 0 Å². The highest BCUT2D eigenvalue weighted by Crippen LogP contribution is 2.45. The molecule has 4 heteroatoms. The van der Waals surface area contributed by atoms with E-state index >= 15 is 0 Å².